The molecule has 0 radical (unpaired) electrons. The smallest absolute Gasteiger partial charge is 0.257 e. The molecule has 2 aromatic carbocycles. The first-order valence-electron chi connectivity index (χ1n) is 12.2. The van der Waals surface area contributed by atoms with Crippen molar-refractivity contribution >= 4 is 11.6 Å². The Morgan fingerprint density at radius 2 is 1.77 bits per heavy atom. The Bertz CT molecular complexity index is 1080. The van der Waals surface area contributed by atoms with Crippen LogP contribution in [-0.2, 0) is 14.3 Å². The molecule has 0 aliphatic carbocycles. The normalized spacial score (nSPS) is 21.9. The van der Waals surface area contributed by atoms with Gasteiger partial charge in [0.2, 0.25) is 0 Å². The summed E-state index contributed by atoms with van der Waals surface area (Å²) in [7, 11) is 3.26. The predicted molar refractivity (Wildman–Crippen MR) is 132 cm³/mol. The largest absolute Gasteiger partial charge is 0.497 e. The molecule has 2 saturated heterocycles. The van der Waals surface area contributed by atoms with Gasteiger partial charge in [0.05, 0.1) is 45.7 Å². The molecule has 3 aliphatic heterocycles. The van der Waals surface area contributed by atoms with Crippen molar-refractivity contribution in [2.75, 3.05) is 47.1 Å². The molecule has 8 nitrogen and oxygen atoms in total. The van der Waals surface area contributed by atoms with Crippen molar-refractivity contribution in [1.82, 2.24) is 9.91 Å². The van der Waals surface area contributed by atoms with Gasteiger partial charge in [-0.15, -0.1) is 0 Å². The number of aryl methyl sites for hydroxylation is 1. The maximum absolute atomic E-state index is 13.6. The molecule has 1 amide bonds. The summed E-state index contributed by atoms with van der Waals surface area (Å²) >= 11 is 0. The Kier molecular flexibility index (Phi) is 6.77. The highest BCUT2D eigenvalue weighted by Gasteiger charge is 2.41. The molecule has 0 aromatic heterocycles. The van der Waals surface area contributed by atoms with E-state index < -0.39 is 5.79 Å². The molecule has 1 unspecified atom stereocenters. The van der Waals surface area contributed by atoms with Crippen molar-refractivity contribution < 1.29 is 23.7 Å². The van der Waals surface area contributed by atoms with Gasteiger partial charge in [0.25, 0.3) is 5.91 Å². The van der Waals surface area contributed by atoms with Crippen molar-refractivity contribution in [3.05, 3.63) is 59.2 Å². The van der Waals surface area contributed by atoms with Crippen LogP contribution in [0, 0.1) is 6.92 Å². The Balaban J connectivity index is 1.38. The van der Waals surface area contributed by atoms with Crippen LogP contribution in [0.4, 0.5) is 0 Å². The van der Waals surface area contributed by atoms with Gasteiger partial charge in [0.1, 0.15) is 11.5 Å². The van der Waals surface area contributed by atoms with E-state index in [1.807, 2.05) is 18.2 Å². The maximum Gasteiger partial charge on any atom is 0.257 e. The Hall–Kier alpha value is -2.94. The molecule has 5 rings (SSSR count). The van der Waals surface area contributed by atoms with Crippen LogP contribution >= 0.6 is 0 Å². The lowest BCUT2D eigenvalue weighted by Gasteiger charge is -2.37. The minimum Gasteiger partial charge on any atom is -0.497 e. The number of carbonyl (C=O) groups is 1. The van der Waals surface area contributed by atoms with Crippen LogP contribution in [0.15, 0.2) is 47.6 Å². The van der Waals surface area contributed by atoms with Gasteiger partial charge in [-0.25, -0.2) is 5.01 Å². The fourth-order valence-corrected chi connectivity index (χ4v) is 5.10. The number of hydrogen-bond donors (Lipinski definition) is 0. The number of amides is 1. The van der Waals surface area contributed by atoms with Gasteiger partial charge < -0.3 is 18.9 Å². The van der Waals surface area contributed by atoms with Crippen LogP contribution in [0.5, 0.6) is 11.5 Å². The molecular formula is C27H33N3O5. The van der Waals surface area contributed by atoms with Crippen molar-refractivity contribution in [3.8, 4) is 11.5 Å². The second-order valence-corrected chi connectivity index (χ2v) is 9.36. The average Bonchev–Trinajstić information content (AvgIpc) is 3.53. The number of rotatable bonds is 6. The van der Waals surface area contributed by atoms with Crippen LogP contribution in [0.2, 0.25) is 0 Å². The number of benzene rings is 2. The third-order valence-electron chi connectivity index (χ3n) is 7.14. The lowest BCUT2D eigenvalue weighted by molar-refractivity contribution is -0.186. The zero-order valence-electron chi connectivity index (χ0n) is 20.7. The van der Waals surface area contributed by atoms with E-state index >= 15 is 0 Å². The third kappa shape index (κ3) is 4.91. The van der Waals surface area contributed by atoms with E-state index in [4.69, 9.17) is 24.0 Å². The SMILES string of the molecule is COc1ccc(C2CC(c3ccc(C)cc3)=NN2C(=O)CN2CCC3(CC2)OCCO3)c(OC)c1. The molecule has 3 aliphatic rings. The molecule has 186 valence electrons. The summed E-state index contributed by atoms with van der Waals surface area (Å²) in [6, 6.07) is 13.7. The number of hydrogen-bond acceptors (Lipinski definition) is 7. The lowest BCUT2D eigenvalue weighted by atomic mass is 9.97. The molecule has 0 N–H and O–H groups in total. The second kappa shape index (κ2) is 9.97. The van der Waals surface area contributed by atoms with Crippen molar-refractivity contribution in [3.63, 3.8) is 0 Å². The van der Waals surface area contributed by atoms with Crippen LogP contribution in [0.3, 0.4) is 0 Å². The summed E-state index contributed by atoms with van der Waals surface area (Å²) in [6.07, 6.45) is 2.16. The Labute approximate surface area is 206 Å². The van der Waals surface area contributed by atoms with Crippen molar-refractivity contribution in [1.29, 1.82) is 0 Å². The third-order valence-corrected chi connectivity index (χ3v) is 7.14. The van der Waals surface area contributed by atoms with Crippen LogP contribution in [-0.4, -0.2) is 74.4 Å². The number of nitrogens with zero attached hydrogens (tertiary/aromatic N) is 3. The zero-order valence-corrected chi connectivity index (χ0v) is 20.7. The highest BCUT2D eigenvalue weighted by Crippen LogP contribution is 2.39. The molecule has 2 aromatic rings. The van der Waals surface area contributed by atoms with E-state index in [1.165, 1.54) is 5.56 Å². The van der Waals surface area contributed by atoms with E-state index in [1.54, 1.807) is 19.2 Å². The van der Waals surface area contributed by atoms with Gasteiger partial charge in [-0.2, -0.15) is 5.10 Å². The van der Waals surface area contributed by atoms with Gasteiger partial charge in [0, 0.05) is 44.0 Å². The number of methoxy groups -OCH3 is 2. The van der Waals surface area contributed by atoms with Crippen LogP contribution in [0.1, 0.15) is 42.0 Å². The van der Waals surface area contributed by atoms with Gasteiger partial charge in [0.15, 0.2) is 5.79 Å². The topological polar surface area (TPSA) is 72.8 Å². The molecule has 8 heteroatoms. The minimum absolute atomic E-state index is 0.0285. The molecule has 0 saturated carbocycles. The summed E-state index contributed by atoms with van der Waals surface area (Å²) in [5.41, 5.74) is 4.02. The summed E-state index contributed by atoms with van der Waals surface area (Å²) < 4.78 is 22.7. The molecule has 0 bridgehead atoms. The lowest BCUT2D eigenvalue weighted by Crippen LogP contribution is -2.48. The van der Waals surface area contributed by atoms with E-state index in [0.29, 0.717) is 37.7 Å². The molecule has 1 atom stereocenters. The first kappa shape index (κ1) is 23.8. The van der Waals surface area contributed by atoms with Gasteiger partial charge in [-0.3, -0.25) is 9.69 Å². The Morgan fingerprint density at radius 3 is 2.43 bits per heavy atom. The average molecular weight is 480 g/mol. The van der Waals surface area contributed by atoms with E-state index in [-0.39, 0.29) is 11.9 Å². The summed E-state index contributed by atoms with van der Waals surface area (Å²) in [5, 5.41) is 6.48. The predicted octanol–water partition coefficient (Wildman–Crippen LogP) is 3.53. The van der Waals surface area contributed by atoms with Crippen molar-refractivity contribution in [2.45, 2.75) is 38.0 Å². The second-order valence-electron chi connectivity index (χ2n) is 9.36. The molecule has 35 heavy (non-hydrogen) atoms. The van der Waals surface area contributed by atoms with Crippen molar-refractivity contribution in [2.24, 2.45) is 5.10 Å². The fraction of sp³-hybridized carbons (Fsp3) is 0.481. The number of likely N-dealkylation sites (tertiary alicyclic amines) is 1. The highest BCUT2D eigenvalue weighted by molar-refractivity contribution is 6.03. The number of piperidine rings is 1. The molecule has 2 fully saturated rings. The molecular weight excluding hydrogens is 446 g/mol. The summed E-state index contributed by atoms with van der Waals surface area (Å²) in [6.45, 7) is 5.17. The van der Waals surface area contributed by atoms with Gasteiger partial charge in [-0.05, 0) is 24.6 Å². The van der Waals surface area contributed by atoms with Gasteiger partial charge in [-0.1, -0.05) is 29.8 Å². The monoisotopic (exact) mass is 479 g/mol. The zero-order chi connectivity index (χ0) is 24.4. The molecule has 3 heterocycles. The fourth-order valence-electron chi connectivity index (χ4n) is 5.10. The number of carbonyl (C=O) groups excluding carboxylic acids is 1. The summed E-state index contributed by atoms with van der Waals surface area (Å²) in [5.74, 6) is 0.907. The maximum atomic E-state index is 13.6. The first-order valence-corrected chi connectivity index (χ1v) is 12.2. The van der Waals surface area contributed by atoms with Gasteiger partial charge >= 0.3 is 0 Å². The van der Waals surface area contributed by atoms with Crippen LogP contribution < -0.4 is 9.47 Å². The minimum atomic E-state index is -0.455. The Morgan fingerprint density at radius 1 is 1.06 bits per heavy atom. The van der Waals surface area contributed by atoms with E-state index in [2.05, 4.69) is 36.1 Å². The summed E-state index contributed by atoms with van der Waals surface area (Å²) in [4.78, 5) is 15.8. The standard InChI is InChI=1S/C27H33N3O5/c1-19-4-6-20(7-5-19)23-17-24(22-9-8-21(32-2)16-25(22)33-3)30(28-23)26(31)18-29-12-10-27(11-13-29)34-14-15-35-27/h4-9,16,24H,10-15,17-18H2,1-3H3. The van der Waals surface area contributed by atoms with E-state index in [0.717, 1.165) is 42.8 Å². The van der Waals surface area contributed by atoms with Crippen LogP contribution in [0.25, 0.3) is 0 Å². The quantitative estimate of drug-likeness (QED) is 0.631. The molecule has 1 spiro atoms. The van der Waals surface area contributed by atoms with E-state index in [9.17, 15) is 4.79 Å². The first-order chi connectivity index (χ1) is 17.0. The number of hydrazone groups is 1. The highest BCUT2D eigenvalue weighted by atomic mass is 16.7. The number of ether oxygens (including phenoxy) is 4.